The maximum atomic E-state index is 10.9. The summed E-state index contributed by atoms with van der Waals surface area (Å²) in [7, 11) is 0. The Morgan fingerprint density at radius 2 is 2.42 bits per heavy atom. The second-order valence-corrected chi connectivity index (χ2v) is 3.14. The van der Waals surface area contributed by atoms with Gasteiger partial charge in [0.2, 0.25) is 0 Å². The van der Waals surface area contributed by atoms with E-state index in [1.54, 1.807) is 0 Å². The Bertz CT molecular complexity index is 296. The highest BCUT2D eigenvalue weighted by molar-refractivity contribution is 7.15. The van der Waals surface area contributed by atoms with Crippen LogP contribution in [0.5, 0.6) is 5.19 Å². The number of carbonyl (C=O) groups is 1. The lowest BCUT2D eigenvalue weighted by Gasteiger charge is -1.92. The molecule has 12 heavy (non-hydrogen) atoms. The Labute approximate surface area is 74.4 Å². The zero-order chi connectivity index (χ0) is 9.14. The van der Waals surface area contributed by atoms with Crippen LogP contribution in [0.2, 0.25) is 0 Å². The van der Waals surface area contributed by atoms with E-state index in [9.17, 15) is 4.79 Å². The molecule has 0 amide bonds. The maximum absolute atomic E-state index is 10.9. The normalized spacial score (nSPS) is 9.83. The summed E-state index contributed by atoms with van der Waals surface area (Å²) in [6, 6.07) is 0. The standard InChI is InChI=1S/C7H10N2O2S/c1-3-11-7-9-6(8)5(12-7)4(2)10/h3,8H2,1-2H3. The van der Waals surface area contributed by atoms with Crippen LogP contribution in [-0.4, -0.2) is 17.4 Å². The van der Waals surface area contributed by atoms with Crippen molar-refractivity contribution in [1.29, 1.82) is 0 Å². The number of nitrogens with two attached hydrogens (primary N) is 1. The Kier molecular flexibility index (Phi) is 2.65. The molecule has 0 saturated heterocycles. The summed E-state index contributed by atoms with van der Waals surface area (Å²) in [6.07, 6.45) is 0. The third-order valence-corrected chi connectivity index (χ3v) is 2.31. The van der Waals surface area contributed by atoms with Crippen molar-refractivity contribution in [2.24, 2.45) is 0 Å². The molecule has 1 aromatic rings. The number of ether oxygens (including phenoxy) is 1. The average Bonchev–Trinajstić information content (AvgIpc) is 2.32. The first-order valence-corrected chi connectivity index (χ1v) is 4.36. The van der Waals surface area contributed by atoms with E-state index in [4.69, 9.17) is 10.5 Å². The highest BCUT2D eigenvalue weighted by atomic mass is 32.1. The van der Waals surface area contributed by atoms with E-state index in [2.05, 4.69) is 4.98 Å². The van der Waals surface area contributed by atoms with Gasteiger partial charge in [0.15, 0.2) is 5.78 Å². The molecule has 66 valence electrons. The number of aromatic nitrogens is 1. The Hall–Kier alpha value is -1.10. The zero-order valence-corrected chi connectivity index (χ0v) is 7.77. The van der Waals surface area contributed by atoms with Crippen molar-refractivity contribution in [3.05, 3.63) is 4.88 Å². The van der Waals surface area contributed by atoms with E-state index in [0.717, 1.165) is 0 Å². The third-order valence-electron chi connectivity index (χ3n) is 1.22. The SMILES string of the molecule is CCOc1nc(N)c(C(C)=O)s1. The van der Waals surface area contributed by atoms with Gasteiger partial charge < -0.3 is 10.5 Å². The van der Waals surface area contributed by atoms with E-state index in [0.29, 0.717) is 16.7 Å². The predicted molar refractivity (Wildman–Crippen MR) is 47.7 cm³/mol. The topological polar surface area (TPSA) is 65.2 Å². The summed E-state index contributed by atoms with van der Waals surface area (Å²) in [6.45, 7) is 3.84. The quantitative estimate of drug-likeness (QED) is 0.723. The predicted octanol–water partition coefficient (Wildman–Crippen LogP) is 1.33. The highest BCUT2D eigenvalue weighted by Gasteiger charge is 2.12. The maximum Gasteiger partial charge on any atom is 0.275 e. The number of hydrogen-bond donors (Lipinski definition) is 1. The molecule has 0 aliphatic carbocycles. The number of ketones is 1. The van der Waals surface area contributed by atoms with Crippen molar-refractivity contribution in [2.45, 2.75) is 13.8 Å². The van der Waals surface area contributed by atoms with Crippen molar-refractivity contribution in [1.82, 2.24) is 4.98 Å². The molecule has 2 N–H and O–H groups in total. The van der Waals surface area contributed by atoms with Crippen LogP contribution in [0.25, 0.3) is 0 Å². The minimum Gasteiger partial charge on any atom is -0.470 e. The second-order valence-electron chi connectivity index (χ2n) is 2.18. The molecule has 0 aromatic carbocycles. The Morgan fingerprint density at radius 1 is 1.75 bits per heavy atom. The molecule has 0 bridgehead atoms. The summed E-state index contributed by atoms with van der Waals surface area (Å²) >= 11 is 1.18. The van der Waals surface area contributed by atoms with Crippen LogP contribution in [0.4, 0.5) is 5.82 Å². The van der Waals surface area contributed by atoms with Gasteiger partial charge in [0.1, 0.15) is 10.7 Å². The third kappa shape index (κ3) is 1.73. The Morgan fingerprint density at radius 3 is 2.83 bits per heavy atom. The first-order valence-electron chi connectivity index (χ1n) is 3.55. The first kappa shape index (κ1) is 8.99. The van der Waals surface area contributed by atoms with Gasteiger partial charge in [-0.2, -0.15) is 4.98 Å². The molecule has 1 heterocycles. The highest BCUT2D eigenvalue weighted by Crippen LogP contribution is 2.26. The fraction of sp³-hybridized carbons (Fsp3) is 0.429. The molecule has 0 spiro atoms. The van der Waals surface area contributed by atoms with E-state index in [-0.39, 0.29) is 11.6 Å². The largest absolute Gasteiger partial charge is 0.470 e. The summed E-state index contributed by atoms with van der Waals surface area (Å²) in [5.74, 6) is 0.187. The van der Waals surface area contributed by atoms with Crippen molar-refractivity contribution >= 4 is 22.9 Å². The number of thiazole rings is 1. The molecular formula is C7H10N2O2S. The smallest absolute Gasteiger partial charge is 0.275 e. The fourth-order valence-electron chi connectivity index (χ4n) is 0.749. The van der Waals surface area contributed by atoms with Gasteiger partial charge in [0.05, 0.1) is 6.61 Å². The van der Waals surface area contributed by atoms with Gasteiger partial charge in [0, 0.05) is 6.92 Å². The molecule has 4 nitrogen and oxygen atoms in total. The summed E-state index contributed by atoms with van der Waals surface area (Å²) in [5.41, 5.74) is 5.47. The molecule has 0 radical (unpaired) electrons. The molecule has 0 atom stereocenters. The molecule has 0 aliphatic heterocycles. The van der Waals surface area contributed by atoms with Gasteiger partial charge in [-0.05, 0) is 6.92 Å². The van der Waals surface area contributed by atoms with Crippen molar-refractivity contribution < 1.29 is 9.53 Å². The van der Waals surface area contributed by atoms with Crippen LogP contribution >= 0.6 is 11.3 Å². The minimum absolute atomic E-state index is 0.0732. The van der Waals surface area contributed by atoms with Gasteiger partial charge in [-0.15, -0.1) is 0 Å². The van der Waals surface area contributed by atoms with Gasteiger partial charge in [-0.1, -0.05) is 11.3 Å². The van der Waals surface area contributed by atoms with Crippen LogP contribution < -0.4 is 10.5 Å². The number of nitrogen functional groups attached to an aromatic ring is 1. The lowest BCUT2D eigenvalue weighted by atomic mass is 10.4. The molecule has 1 rings (SSSR count). The van der Waals surface area contributed by atoms with Crippen LogP contribution in [0.15, 0.2) is 0 Å². The summed E-state index contributed by atoms with van der Waals surface area (Å²) < 4.78 is 5.09. The van der Waals surface area contributed by atoms with Crippen molar-refractivity contribution in [3.63, 3.8) is 0 Å². The van der Waals surface area contributed by atoms with Crippen LogP contribution in [0.3, 0.4) is 0 Å². The van der Waals surface area contributed by atoms with Crippen molar-refractivity contribution in [3.8, 4) is 5.19 Å². The average molecular weight is 186 g/mol. The number of nitrogens with zero attached hydrogens (tertiary/aromatic N) is 1. The Balaban J connectivity index is 2.92. The van der Waals surface area contributed by atoms with E-state index in [1.165, 1.54) is 18.3 Å². The molecule has 0 saturated carbocycles. The monoisotopic (exact) mass is 186 g/mol. The molecule has 0 aliphatic rings. The molecule has 0 unspecified atom stereocenters. The number of anilines is 1. The first-order chi connectivity index (χ1) is 5.65. The van der Waals surface area contributed by atoms with Crippen LogP contribution in [0.1, 0.15) is 23.5 Å². The number of carbonyl (C=O) groups excluding carboxylic acids is 1. The molecular weight excluding hydrogens is 176 g/mol. The minimum atomic E-state index is -0.0732. The summed E-state index contributed by atoms with van der Waals surface area (Å²) in [5, 5.41) is 0.459. The summed E-state index contributed by atoms with van der Waals surface area (Å²) in [4.78, 5) is 15.3. The molecule has 1 aromatic heterocycles. The zero-order valence-electron chi connectivity index (χ0n) is 6.96. The van der Waals surface area contributed by atoms with Gasteiger partial charge in [0.25, 0.3) is 5.19 Å². The van der Waals surface area contributed by atoms with E-state index in [1.807, 2.05) is 6.92 Å². The van der Waals surface area contributed by atoms with Crippen LogP contribution in [-0.2, 0) is 0 Å². The van der Waals surface area contributed by atoms with Crippen LogP contribution in [0, 0.1) is 0 Å². The number of hydrogen-bond acceptors (Lipinski definition) is 5. The number of Topliss-reactive ketones (excluding diaryl/α,β-unsaturated/α-hetero) is 1. The van der Waals surface area contributed by atoms with Crippen molar-refractivity contribution in [2.75, 3.05) is 12.3 Å². The fourth-order valence-corrected chi connectivity index (χ4v) is 1.54. The van der Waals surface area contributed by atoms with E-state index >= 15 is 0 Å². The lowest BCUT2D eigenvalue weighted by Crippen LogP contribution is -1.95. The molecule has 0 fully saturated rings. The molecule has 5 heteroatoms. The van der Waals surface area contributed by atoms with E-state index < -0.39 is 0 Å². The lowest BCUT2D eigenvalue weighted by molar-refractivity contribution is 0.102. The van der Waals surface area contributed by atoms with Gasteiger partial charge >= 0.3 is 0 Å². The number of rotatable bonds is 3. The van der Waals surface area contributed by atoms with Gasteiger partial charge in [-0.3, -0.25) is 4.79 Å². The van der Waals surface area contributed by atoms with Gasteiger partial charge in [-0.25, -0.2) is 0 Å². The second kappa shape index (κ2) is 3.53.